The van der Waals surface area contributed by atoms with Crippen LogP contribution in [0.5, 0.6) is 11.5 Å². The van der Waals surface area contributed by atoms with Gasteiger partial charge in [0.15, 0.2) is 11.5 Å². The zero-order valence-corrected chi connectivity index (χ0v) is 13.7. The zero-order chi connectivity index (χ0) is 15.1. The number of methoxy groups -OCH3 is 1. The third-order valence-electron chi connectivity index (χ3n) is 4.41. The molecule has 2 unspecified atom stereocenters. The van der Waals surface area contributed by atoms with E-state index in [1.807, 2.05) is 0 Å². The van der Waals surface area contributed by atoms with Gasteiger partial charge in [-0.1, -0.05) is 32.8 Å². The first-order valence-electron chi connectivity index (χ1n) is 8.31. The summed E-state index contributed by atoms with van der Waals surface area (Å²) in [6.07, 6.45) is 6.59. The summed E-state index contributed by atoms with van der Waals surface area (Å²) >= 11 is 0. The molecule has 1 fully saturated rings. The predicted molar refractivity (Wildman–Crippen MR) is 87.0 cm³/mol. The van der Waals surface area contributed by atoms with Crippen LogP contribution < -0.4 is 14.8 Å². The summed E-state index contributed by atoms with van der Waals surface area (Å²) in [6.45, 7) is 6.24. The molecule has 21 heavy (non-hydrogen) atoms. The lowest BCUT2D eigenvalue weighted by Crippen LogP contribution is -2.25. The van der Waals surface area contributed by atoms with Crippen LogP contribution in [0.3, 0.4) is 0 Å². The summed E-state index contributed by atoms with van der Waals surface area (Å²) < 4.78 is 11.7. The van der Waals surface area contributed by atoms with Gasteiger partial charge in [0, 0.05) is 6.54 Å². The van der Waals surface area contributed by atoms with E-state index in [4.69, 9.17) is 9.47 Å². The van der Waals surface area contributed by atoms with E-state index in [1.54, 1.807) is 7.11 Å². The largest absolute Gasteiger partial charge is 0.493 e. The lowest BCUT2D eigenvalue weighted by Gasteiger charge is -2.29. The van der Waals surface area contributed by atoms with Crippen molar-refractivity contribution in [1.29, 1.82) is 0 Å². The summed E-state index contributed by atoms with van der Waals surface area (Å²) in [6, 6.07) is 6.26. The van der Waals surface area contributed by atoms with Gasteiger partial charge >= 0.3 is 0 Å². The van der Waals surface area contributed by atoms with Crippen molar-refractivity contribution < 1.29 is 9.47 Å². The van der Waals surface area contributed by atoms with Gasteiger partial charge in [0.2, 0.25) is 0 Å². The van der Waals surface area contributed by atoms with Crippen molar-refractivity contribution in [2.75, 3.05) is 13.7 Å². The molecule has 1 saturated carbocycles. The maximum atomic E-state index is 6.22. The minimum Gasteiger partial charge on any atom is -0.493 e. The molecular formula is C18H29NO2. The Kier molecular flexibility index (Phi) is 6.37. The molecule has 0 aromatic heterocycles. The molecule has 0 spiro atoms. The number of ether oxygens (including phenoxy) is 2. The second-order valence-electron chi connectivity index (χ2n) is 5.95. The van der Waals surface area contributed by atoms with E-state index in [2.05, 4.69) is 37.4 Å². The van der Waals surface area contributed by atoms with E-state index in [0.717, 1.165) is 30.5 Å². The van der Waals surface area contributed by atoms with Gasteiger partial charge in [-0.2, -0.15) is 0 Å². The van der Waals surface area contributed by atoms with E-state index < -0.39 is 0 Å². The molecule has 0 aliphatic heterocycles. The van der Waals surface area contributed by atoms with Gasteiger partial charge in [0.1, 0.15) is 0 Å². The Morgan fingerprint density at radius 2 is 2.05 bits per heavy atom. The fourth-order valence-corrected chi connectivity index (χ4v) is 3.09. The fourth-order valence-electron chi connectivity index (χ4n) is 3.09. The first-order chi connectivity index (χ1) is 10.3. The molecule has 0 heterocycles. The molecule has 1 aliphatic rings. The molecule has 0 saturated heterocycles. The molecule has 0 bridgehead atoms. The van der Waals surface area contributed by atoms with Crippen molar-refractivity contribution in [2.45, 2.75) is 58.6 Å². The minimum absolute atomic E-state index is 0.345. The van der Waals surface area contributed by atoms with Gasteiger partial charge in [-0.05, 0) is 49.4 Å². The van der Waals surface area contributed by atoms with Crippen LogP contribution in [0.25, 0.3) is 0 Å². The number of rotatable bonds is 7. The van der Waals surface area contributed by atoms with Crippen LogP contribution in [0.15, 0.2) is 18.2 Å². The molecular weight excluding hydrogens is 262 g/mol. The van der Waals surface area contributed by atoms with Crippen molar-refractivity contribution >= 4 is 0 Å². The Hall–Kier alpha value is -1.22. The Balaban J connectivity index is 2.01. The monoisotopic (exact) mass is 291 g/mol. The quantitative estimate of drug-likeness (QED) is 0.818. The first kappa shape index (κ1) is 16.2. The van der Waals surface area contributed by atoms with Crippen LogP contribution in [0.2, 0.25) is 0 Å². The van der Waals surface area contributed by atoms with E-state index >= 15 is 0 Å². The predicted octanol–water partition coefficient (Wildman–Crippen LogP) is 4.15. The Labute approximate surface area is 129 Å². The summed E-state index contributed by atoms with van der Waals surface area (Å²) in [5.74, 6) is 2.56. The van der Waals surface area contributed by atoms with E-state index in [0.29, 0.717) is 6.10 Å². The Morgan fingerprint density at radius 3 is 2.76 bits per heavy atom. The highest BCUT2D eigenvalue weighted by Crippen LogP contribution is 2.34. The van der Waals surface area contributed by atoms with E-state index in [-0.39, 0.29) is 0 Å². The highest BCUT2D eigenvalue weighted by Gasteiger charge is 2.23. The number of benzene rings is 1. The van der Waals surface area contributed by atoms with Crippen molar-refractivity contribution in [3.8, 4) is 11.5 Å². The second-order valence-corrected chi connectivity index (χ2v) is 5.95. The standard InChI is InChI=1S/C18H29NO2/c1-4-14-7-6-8-16(11-14)21-17-10-9-15(13-19-5-2)12-18(17)20-3/h9-10,12,14,16,19H,4-8,11,13H2,1-3H3. The Morgan fingerprint density at radius 1 is 1.19 bits per heavy atom. The number of hydrogen-bond donors (Lipinski definition) is 1. The van der Waals surface area contributed by atoms with Crippen LogP contribution >= 0.6 is 0 Å². The lowest BCUT2D eigenvalue weighted by atomic mass is 9.85. The Bertz CT molecular complexity index is 433. The van der Waals surface area contributed by atoms with Crippen molar-refractivity contribution in [3.63, 3.8) is 0 Å². The number of nitrogens with one attached hydrogen (secondary N) is 1. The first-order valence-corrected chi connectivity index (χ1v) is 8.31. The average molecular weight is 291 g/mol. The highest BCUT2D eigenvalue weighted by atomic mass is 16.5. The normalized spacial score (nSPS) is 22.0. The van der Waals surface area contributed by atoms with Crippen LogP contribution in [0, 0.1) is 5.92 Å². The molecule has 0 amide bonds. The minimum atomic E-state index is 0.345. The molecule has 1 aliphatic carbocycles. The SMILES string of the molecule is CCNCc1ccc(OC2CCCC(CC)C2)c(OC)c1. The topological polar surface area (TPSA) is 30.5 Å². The average Bonchev–Trinajstić information content (AvgIpc) is 2.54. The molecule has 1 aromatic carbocycles. The molecule has 1 N–H and O–H groups in total. The van der Waals surface area contributed by atoms with Crippen LogP contribution in [0.1, 0.15) is 51.5 Å². The zero-order valence-electron chi connectivity index (χ0n) is 13.7. The smallest absolute Gasteiger partial charge is 0.161 e. The maximum absolute atomic E-state index is 6.22. The van der Waals surface area contributed by atoms with Crippen molar-refractivity contribution in [1.82, 2.24) is 5.32 Å². The second kappa shape index (κ2) is 8.28. The van der Waals surface area contributed by atoms with Crippen LogP contribution in [-0.2, 0) is 6.54 Å². The highest BCUT2D eigenvalue weighted by molar-refractivity contribution is 5.43. The molecule has 2 rings (SSSR count). The van der Waals surface area contributed by atoms with Gasteiger partial charge in [-0.3, -0.25) is 0 Å². The lowest BCUT2D eigenvalue weighted by molar-refractivity contribution is 0.118. The molecule has 3 heteroatoms. The van der Waals surface area contributed by atoms with Crippen molar-refractivity contribution in [2.24, 2.45) is 5.92 Å². The van der Waals surface area contributed by atoms with Gasteiger partial charge < -0.3 is 14.8 Å². The summed E-state index contributed by atoms with van der Waals surface area (Å²) in [7, 11) is 1.72. The van der Waals surface area contributed by atoms with Gasteiger partial charge in [0.25, 0.3) is 0 Å². The molecule has 118 valence electrons. The summed E-state index contributed by atoms with van der Waals surface area (Å²) in [5.41, 5.74) is 1.23. The third-order valence-corrected chi connectivity index (χ3v) is 4.41. The van der Waals surface area contributed by atoms with Gasteiger partial charge in [0.05, 0.1) is 13.2 Å². The third kappa shape index (κ3) is 4.63. The molecule has 2 atom stereocenters. The van der Waals surface area contributed by atoms with Crippen LogP contribution in [0.4, 0.5) is 0 Å². The molecule has 0 radical (unpaired) electrons. The van der Waals surface area contributed by atoms with Gasteiger partial charge in [-0.25, -0.2) is 0 Å². The van der Waals surface area contributed by atoms with E-state index in [1.165, 1.54) is 37.7 Å². The summed E-state index contributed by atoms with van der Waals surface area (Å²) in [4.78, 5) is 0. The van der Waals surface area contributed by atoms with E-state index in [9.17, 15) is 0 Å². The summed E-state index contributed by atoms with van der Waals surface area (Å²) in [5, 5.41) is 3.33. The van der Waals surface area contributed by atoms with Crippen molar-refractivity contribution in [3.05, 3.63) is 23.8 Å². The molecule has 1 aromatic rings. The van der Waals surface area contributed by atoms with Crippen LogP contribution in [-0.4, -0.2) is 19.8 Å². The fraction of sp³-hybridized carbons (Fsp3) is 0.667. The maximum Gasteiger partial charge on any atom is 0.161 e. The number of hydrogen-bond acceptors (Lipinski definition) is 3. The molecule has 3 nitrogen and oxygen atoms in total. The van der Waals surface area contributed by atoms with Gasteiger partial charge in [-0.15, -0.1) is 0 Å².